The van der Waals surface area contributed by atoms with Crippen molar-refractivity contribution in [1.82, 2.24) is 0 Å². The summed E-state index contributed by atoms with van der Waals surface area (Å²) in [5, 5.41) is 0. The van der Waals surface area contributed by atoms with Crippen molar-refractivity contribution in [3.63, 3.8) is 0 Å². The Bertz CT molecular complexity index is 558. The monoisotopic (exact) mass is 256 g/mol. The molecule has 0 atom stereocenters. The van der Waals surface area contributed by atoms with Crippen molar-refractivity contribution < 1.29 is 9.18 Å². The molecule has 2 heteroatoms. The van der Waals surface area contributed by atoms with Gasteiger partial charge in [0.15, 0.2) is 6.29 Å². The number of unbranched alkanes of at least 4 members (excludes halogenated alkanes) is 1. The van der Waals surface area contributed by atoms with Crippen LogP contribution in [0.3, 0.4) is 0 Å². The molecular weight excluding hydrogens is 239 g/mol. The lowest BCUT2D eigenvalue weighted by molar-refractivity contribution is 0.112. The fourth-order valence-electron chi connectivity index (χ4n) is 2.11. The van der Waals surface area contributed by atoms with E-state index in [4.69, 9.17) is 0 Å². The van der Waals surface area contributed by atoms with Crippen LogP contribution < -0.4 is 0 Å². The Kier molecular flexibility index (Phi) is 4.45. The van der Waals surface area contributed by atoms with E-state index in [1.807, 2.05) is 24.3 Å². The third-order valence-electron chi connectivity index (χ3n) is 3.23. The number of benzene rings is 2. The Hall–Kier alpha value is -1.96. The standard InChI is InChI=1S/C17H17FO/c1-2-3-4-13-5-7-14(8-6-13)17-11-16(18)10-9-15(17)12-19/h5-12H,2-4H2,1H3. The van der Waals surface area contributed by atoms with E-state index in [1.165, 1.54) is 36.6 Å². The van der Waals surface area contributed by atoms with E-state index < -0.39 is 0 Å². The Balaban J connectivity index is 2.31. The topological polar surface area (TPSA) is 17.1 Å². The van der Waals surface area contributed by atoms with Gasteiger partial charge < -0.3 is 0 Å². The maximum absolute atomic E-state index is 13.3. The molecule has 2 aromatic carbocycles. The summed E-state index contributed by atoms with van der Waals surface area (Å²) < 4.78 is 13.3. The molecule has 0 aliphatic heterocycles. The smallest absolute Gasteiger partial charge is 0.150 e. The molecule has 0 spiro atoms. The van der Waals surface area contributed by atoms with Crippen LogP contribution in [0.25, 0.3) is 11.1 Å². The van der Waals surface area contributed by atoms with Crippen molar-refractivity contribution >= 4 is 6.29 Å². The van der Waals surface area contributed by atoms with Gasteiger partial charge in [0.1, 0.15) is 5.82 Å². The van der Waals surface area contributed by atoms with Crippen molar-refractivity contribution in [1.29, 1.82) is 0 Å². The van der Waals surface area contributed by atoms with E-state index in [2.05, 4.69) is 6.92 Å². The molecule has 0 aromatic heterocycles. The Morgan fingerprint density at radius 3 is 2.47 bits per heavy atom. The number of halogens is 1. The summed E-state index contributed by atoms with van der Waals surface area (Å²) in [5.41, 5.74) is 3.32. The largest absolute Gasteiger partial charge is 0.298 e. The lowest BCUT2D eigenvalue weighted by atomic mass is 9.98. The first-order chi connectivity index (χ1) is 9.24. The third kappa shape index (κ3) is 3.28. The van der Waals surface area contributed by atoms with Gasteiger partial charge in [0, 0.05) is 5.56 Å². The number of carbonyl (C=O) groups is 1. The van der Waals surface area contributed by atoms with Crippen LogP contribution in [0, 0.1) is 5.82 Å². The summed E-state index contributed by atoms with van der Waals surface area (Å²) in [7, 11) is 0. The second-order valence-corrected chi connectivity index (χ2v) is 4.65. The molecule has 98 valence electrons. The summed E-state index contributed by atoms with van der Waals surface area (Å²) in [6.45, 7) is 2.16. The van der Waals surface area contributed by atoms with Gasteiger partial charge >= 0.3 is 0 Å². The van der Waals surface area contributed by atoms with Crippen molar-refractivity contribution in [3.05, 3.63) is 59.4 Å². The predicted octanol–water partition coefficient (Wildman–Crippen LogP) is 4.65. The minimum atomic E-state index is -0.323. The van der Waals surface area contributed by atoms with Crippen LogP contribution in [0.5, 0.6) is 0 Å². The molecule has 19 heavy (non-hydrogen) atoms. The van der Waals surface area contributed by atoms with E-state index in [1.54, 1.807) is 0 Å². The molecule has 0 saturated carbocycles. The van der Waals surface area contributed by atoms with Crippen molar-refractivity contribution in [2.75, 3.05) is 0 Å². The van der Waals surface area contributed by atoms with Gasteiger partial charge in [0.25, 0.3) is 0 Å². The first-order valence-corrected chi connectivity index (χ1v) is 6.58. The lowest BCUT2D eigenvalue weighted by Gasteiger charge is -2.07. The zero-order valence-electron chi connectivity index (χ0n) is 11.0. The van der Waals surface area contributed by atoms with Crippen LogP contribution in [-0.2, 0) is 6.42 Å². The van der Waals surface area contributed by atoms with Crippen molar-refractivity contribution in [3.8, 4) is 11.1 Å². The summed E-state index contributed by atoms with van der Waals surface area (Å²) in [6.07, 6.45) is 4.15. The van der Waals surface area contributed by atoms with E-state index in [0.29, 0.717) is 11.1 Å². The molecule has 0 fully saturated rings. The normalized spacial score (nSPS) is 10.4. The van der Waals surface area contributed by atoms with Gasteiger partial charge in [0.2, 0.25) is 0 Å². The fourth-order valence-corrected chi connectivity index (χ4v) is 2.11. The summed E-state index contributed by atoms with van der Waals surface area (Å²) in [4.78, 5) is 11.0. The molecule has 1 nitrogen and oxygen atoms in total. The highest BCUT2D eigenvalue weighted by Crippen LogP contribution is 2.24. The van der Waals surface area contributed by atoms with E-state index in [9.17, 15) is 9.18 Å². The van der Waals surface area contributed by atoms with E-state index in [0.717, 1.165) is 18.3 Å². The third-order valence-corrected chi connectivity index (χ3v) is 3.23. The second-order valence-electron chi connectivity index (χ2n) is 4.65. The predicted molar refractivity (Wildman–Crippen MR) is 75.8 cm³/mol. The SMILES string of the molecule is CCCCc1ccc(-c2cc(F)ccc2C=O)cc1. The molecule has 2 rings (SSSR count). The van der Waals surface area contributed by atoms with Crippen molar-refractivity contribution in [2.45, 2.75) is 26.2 Å². The number of hydrogen-bond acceptors (Lipinski definition) is 1. The second kappa shape index (κ2) is 6.28. The molecule has 0 aliphatic rings. The minimum Gasteiger partial charge on any atom is -0.298 e. The Morgan fingerprint density at radius 2 is 1.84 bits per heavy atom. The fraction of sp³-hybridized carbons (Fsp3) is 0.235. The average molecular weight is 256 g/mol. The van der Waals surface area contributed by atoms with Crippen molar-refractivity contribution in [2.24, 2.45) is 0 Å². The number of carbonyl (C=O) groups excluding carboxylic acids is 1. The van der Waals surface area contributed by atoms with Crippen LogP contribution in [0.1, 0.15) is 35.7 Å². The average Bonchev–Trinajstić information content (AvgIpc) is 2.45. The Morgan fingerprint density at radius 1 is 1.11 bits per heavy atom. The molecule has 0 amide bonds. The van der Waals surface area contributed by atoms with Crippen LogP contribution in [-0.4, -0.2) is 6.29 Å². The van der Waals surface area contributed by atoms with Gasteiger partial charge in [0.05, 0.1) is 0 Å². The van der Waals surface area contributed by atoms with Crippen LogP contribution in [0.2, 0.25) is 0 Å². The quantitative estimate of drug-likeness (QED) is 0.712. The van der Waals surface area contributed by atoms with Crippen LogP contribution in [0.15, 0.2) is 42.5 Å². The molecule has 2 aromatic rings. The summed E-state index contributed by atoms with van der Waals surface area (Å²) >= 11 is 0. The van der Waals surface area contributed by atoms with Crippen LogP contribution in [0.4, 0.5) is 4.39 Å². The van der Waals surface area contributed by atoms with E-state index >= 15 is 0 Å². The minimum absolute atomic E-state index is 0.323. The van der Waals surface area contributed by atoms with Gasteiger partial charge in [-0.2, -0.15) is 0 Å². The maximum atomic E-state index is 13.3. The number of aryl methyl sites for hydroxylation is 1. The number of rotatable bonds is 5. The highest BCUT2D eigenvalue weighted by Gasteiger charge is 2.06. The zero-order chi connectivity index (χ0) is 13.7. The highest BCUT2D eigenvalue weighted by atomic mass is 19.1. The van der Waals surface area contributed by atoms with Gasteiger partial charge in [-0.15, -0.1) is 0 Å². The highest BCUT2D eigenvalue weighted by molar-refractivity contribution is 5.87. The first kappa shape index (κ1) is 13.5. The van der Waals surface area contributed by atoms with Crippen LogP contribution >= 0.6 is 0 Å². The molecule has 0 saturated heterocycles. The molecule has 0 heterocycles. The van der Waals surface area contributed by atoms with Gasteiger partial charge in [-0.05, 0) is 47.7 Å². The molecule has 0 bridgehead atoms. The van der Waals surface area contributed by atoms with E-state index in [-0.39, 0.29) is 5.82 Å². The molecule has 0 radical (unpaired) electrons. The summed E-state index contributed by atoms with van der Waals surface area (Å²) in [5.74, 6) is -0.323. The van der Waals surface area contributed by atoms with Gasteiger partial charge in [-0.25, -0.2) is 4.39 Å². The molecular formula is C17H17FO. The number of aldehydes is 1. The molecule has 0 aliphatic carbocycles. The molecule has 0 unspecified atom stereocenters. The van der Waals surface area contributed by atoms with Gasteiger partial charge in [-0.1, -0.05) is 37.6 Å². The zero-order valence-corrected chi connectivity index (χ0v) is 11.0. The van der Waals surface area contributed by atoms with Gasteiger partial charge in [-0.3, -0.25) is 4.79 Å². The molecule has 0 N–H and O–H groups in total. The number of hydrogen-bond donors (Lipinski definition) is 0. The lowest BCUT2D eigenvalue weighted by Crippen LogP contribution is -1.90. The maximum Gasteiger partial charge on any atom is 0.150 e. The first-order valence-electron chi connectivity index (χ1n) is 6.58. The Labute approximate surface area is 113 Å². The summed E-state index contributed by atoms with van der Waals surface area (Å²) in [6, 6.07) is 12.2.